The SMILES string of the molecule is O=S(=O)(Cl)/C=C\c1ccc(Br)s1. The average molecular weight is 288 g/mol. The van der Waals surface area contributed by atoms with Gasteiger partial charge < -0.3 is 0 Å². The summed E-state index contributed by atoms with van der Waals surface area (Å²) >= 11 is 4.69. The molecule has 0 aliphatic carbocycles. The molecule has 1 rings (SSSR count). The van der Waals surface area contributed by atoms with Crippen LogP contribution in [0.15, 0.2) is 21.3 Å². The van der Waals surface area contributed by atoms with E-state index in [1.807, 2.05) is 6.07 Å². The highest BCUT2D eigenvalue weighted by atomic mass is 79.9. The fourth-order valence-electron chi connectivity index (χ4n) is 0.566. The molecule has 0 saturated carbocycles. The maximum Gasteiger partial charge on any atom is 0.254 e. The summed E-state index contributed by atoms with van der Waals surface area (Å²) in [7, 11) is 1.44. The summed E-state index contributed by atoms with van der Waals surface area (Å²) in [6.45, 7) is 0. The molecule has 0 aliphatic rings. The summed E-state index contributed by atoms with van der Waals surface area (Å²) in [5, 5.41) is 0.965. The summed E-state index contributed by atoms with van der Waals surface area (Å²) in [5.74, 6) is 0. The molecule has 1 aromatic rings. The lowest BCUT2D eigenvalue weighted by Crippen LogP contribution is -1.77. The number of halogens is 2. The minimum Gasteiger partial charge on any atom is -0.208 e. The van der Waals surface area contributed by atoms with Crippen LogP contribution in [0.1, 0.15) is 4.88 Å². The van der Waals surface area contributed by atoms with Gasteiger partial charge >= 0.3 is 0 Å². The van der Waals surface area contributed by atoms with Crippen LogP contribution in [-0.2, 0) is 9.05 Å². The fourth-order valence-corrected chi connectivity index (χ4v) is 2.44. The zero-order valence-corrected chi connectivity index (χ0v) is 9.67. The second kappa shape index (κ2) is 3.91. The standard InChI is InChI=1S/C6H4BrClO2S2/c7-6-2-1-5(11-6)3-4-12(8,9)10/h1-4H/b4-3-. The lowest BCUT2D eigenvalue weighted by atomic mass is 10.5. The van der Waals surface area contributed by atoms with Gasteiger partial charge in [-0.1, -0.05) is 0 Å². The van der Waals surface area contributed by atoms with Crippen LogP contribution < -0.4 is 0 Å². The molecule has 0 unspecified atom stereocenters. The maximum atomic E-state index is 10.5. The lowest BCUT2D eigenvalue weighted by Gasteiger charge is -1.81. The first kappa shape index (κ1) is 10.2. The van der Waals surface area contributed by atoms with E-state index in [1.165, 1.54) is 17.4 Å². The molecule has 0 spiro atoms. The van der Waals surface area contributed by atoms with Gasteiger partial charge in [0.1, 0.15) is 0 Å². The molecule has 6 heteroatoms. The molecule has 0 radical (unpaired) electrons. The van der Waals surface area contributed by atoms with E-state index in [1.54, 1.807) is 6.07 Å². The van der Waals surface area contributed by atoms with E-state index < -0.39 is 9.05 Å². The molecule has 0 N–H and O–H groups in total. The molecular weight excluding hydrogens is 284 g/mol. The van der Waals surface area contributed by atoms with Crippen LogP contribution in [0.2, 0.25) is 0 Å². The quantitative estimate of drug-likeness (QED) is 0.784. The van der Waals surface area contributed by atoms with Crippen LogP contribution in [0.25, 0.3) is 6.08 Å². The maximum absolute atomic E-state index is 10.5. The van der Waals surface area contributed by atoms with Gasteiger partial charge in [-0.05, 0) is 34.1 Å². The third kappa shape index (κ3) is 3.71. The number of hydrogen-bond donors (Lipinski definition) is 0. The summed E-state index contributed by atoms with van der Waals surface area (Å²) in [5.41, 5.74) is 0. The van der Waals surface area contributed by atoms with E-state index >= 15 is 0 Å². The fraction of sp³-hybridized carbons (Fsp3) is 0. The van der Waals surface area contributed by atoms with Gasteiger partial charge in [0.05, 0.1) is 3.79 Å². The Bertz CT molecular complexity index is 393. The summed E-state index contributed by atoms with van der Waals surface area (Å²) < 4.78 is 21.9. The monoisotopic (exact) mass is 286 g/mol. The van der Waals surface area contributed by atoms with E-state index in [4.69, 9.17) is 10.7 Å². The molecule has 2 nitrogen and oxygen atoms in total. The molecule has 1 aromatic heterocycles. The van der Waals surface area contributed by atoms with E-state index in [9.17, 15) is 8.42 Å². The first-order chi connectivity index (χ1) is 5.47. The van der Waals surface area contributed by atoms with E-state index in [0.29, 0.717) is 0 Å². The van der Waals surface area contributed by atoms with Crippen molar-refractivity contribution in [2.75, 3.05) is 0 Å². The van der Waals surface area contributed by atoms with Crippen LogP contribution in [0.5, 0.6) is 0 Å². The van der Waals surface area contributed by atoms with Gasteiger partial charge in [0, 0.05) is 21.0 Å². The van der Waals surface area contributed by atoms with E-state index in [2.05, 4.69) is 15.9 Å². The predicted molar refractivity (Wildman–Crippen MR) is 55.8 cm³/mol. The Morgan fingerprint density at radius 1 is 1.50 bits per heavy atom. The zero-order valence-electron chi connectivity index (χ0n) is 5.70. The van der Waals surface area contributed by atoms with Gasteiger partial charge in [0.15, 0.2) is 0 Å². The summed E-state index contributed by atoms with van der Waals surface area (Å²) in [4.78, 5) is 0.839. The molecule has 1 heterocycles. The van der Waals surface area contributed by atoms with Crippen LogP contribution in [0.3, 0.4) is 0 Å². The Labute approximate surface area is 87.4 Å². The highest BCUT2D eigenvalue weighted by Crippen LogP contribution is 2.23. The zero-order chi connectivity index (χ0) is 9.19. The van der Waals surface area contributed by atoms with E-state index in [0.717, 1.165) is 14.1 Å². The largest absolute Gasteiger partial charge is 0.254 e. The Balaban J connectivity index is 2.84. The minimum absolute atomic E-state index is 0.839. The van der Waals surface area contributed by atoms with Gasteiger partial charge in [-0.15, -0.1) is 11.3 Å². The van der Waals surface area contributed by atoms with Gasteiger partial charge in [0.2, 0.25) is 0 Å². The molecule has 66 valence electrons. The number of thiophene rings is 1. The third-order valence-electron chi connectivity index (χ3n) is 0.989. The first-order valence-electron chi connectivity index (χ1n) is 2.85. The normalized spacial score (nSPS) is 12.5. The Hall–Kier alpha value is 0.160. The molecule has 0 atom stereocenters. The van der Waals surface area contributed by atoms with Crippen molar-refractivity contribution in [3.8, 4) is 0 Å². The highest BCUT2D eigenvalue weighted by Gasteiger charge is 1.98. The minimum atomic E-state index is -3.53. The molecule has 0 bridgehead atoms. The lowest BCUT2D eigenvalue weighted by molar-refractivity contribution is 0.617. The van der Waals surface area contributed by atoms with Crippen molar-refractivity contribution in [2.24, 2.45) is 0 Å². The van der Waals surface area contributed by atoms with Crippen LogP contribution in [-0.4, -0.2) is 8.42 Å². The van der Waals surface area contributed by atoms with Crippen LogP contribution >= 0.6 is 37.9 Å². The van der Waals surface area contributed by atoms with Crippen molar-refractivity contribution in [1.29, 1.82) is 0 Å². The molecule has 0 fully saturated rings. The average Bonchev–Trinajstić information content (AvgIpc) is 2.30. The summed E-state index contributed by atoms with van der Waals surface area (Å²) in [6.07, 6.45) is 1.46. The van der Waals surface area contributed by atoms with Gasteiger partial charge in [-0.25, -0.2) is 8.42 Å². The highest BCUT2D eigenvalue weighted by molar-refractivity contribution is 9.11. The molecule has 0 aromatic carbocycles. The molecule has 0 saturated heterocycles. The van der Waals surface area contributed by atoms with Crippen molar-refractivity contribution in [1.82, 2.24) is 0 Å². The third-order valence-corrected chi connectivity index (χ3v) is 3.35. The predicted octanol–water partition coefficient (Wildman–Crippen LogP) is 3.05. The van der Waals surface area contributed by atoms with Gasteiger partial charge in [-0.3, -0.25) is 0 Å². The Morgan fingerprint density at radius 2 is 2.17 bits per heavy atom. The van der Waals surface area contributed by atoms with Gasteiger partial charge in [0.25, 0.3) is 9.05 Å². The van der Waals surface area contributed by atoms with Crippen molar-refractivity contribution in [3.05, 3.63) is 26.2 Å². The van der Waals surface area contributed by atoms with E-state index in [-0.39, 0.29) is 0 Å². The van der Waals surface area contributed by atoms with Crippen molar-refractivity contribution >= 4 is 53.1 Å². The summed E-state index contributed by atoms with van der Waals surface area (Å²) in [6, 6.07) is 3.64. The van der Waals surface area contributed by atoms with Crippen molar-refractivity contribution in [2.45, 2.75) is 0 Å². The molecule has 0 aliphatic heterocycles. The Morgan fingerprint density at radius 3 is 2.58 bits per heavy atom. The van der Waals surface area contributed by atoms with Gasteiger partial charge in [-0.2, -0.15) is 0 Å². The second-order valence-electron chi connectivity index (χ2n) is 1.92. The van der Waals surface area contributed by atoms with Crippen molar-refractivity contribution < 1.29 is 8.42 Å². The van der Waals surface area contributed by atoms with Crippen LogP contribution in [0.4, 0.5) is 0 Å². The number of hydrogen-bond acceptors (Lipinski definition) is 3. The second-order valence-corrected chi connectivity index (χ2v) is 6.93. The molecule has 0 amide bonds. The topological polar surface area (TPSA) is 34.1 Å². The van der Waals surface area contributed by atoms with Crippen molar-refractivity contribution in [3.63, 3.8) is 0 Å². The molecule has 12 heavy (non-hydrogen) atoms. The first-order valence-corrected chi connectivity index (χ1v) is 6.84. The number of rotatable bonds is 2. The smallest absolute Gasteiger partial charge is 0.208 e. The Kier molecular flexibility index (Phi) is 3.34. The molecular formula is C6H4BrClO2S2. The van der Waals surface area contributed by atoms with Crippen LogP contribution in [0, 0.1) is 0 Å².